The molecule has 3 rings (SSSR count). The second kappa shape index (κ2) is 4.31. The fourth-order valence-corrected chi connectivity index (χ4v) is 2.12. The predicted molar refractivity (Wildman–Crippen MR) is 66.1 cm³/mol. The van der Waals surface area contributed by atoms with Crippen LogP contribution < -0.4 is 9.47 Å². The number of hydrogen-bond donors (Lipinski definition) is 1. The van der Waals surface area contributed by atoms with Crippen LogP contribution in [-0.4, -0.2) is 27.6 Å². The van der Waals surface area contributed by atoms with E-state index >= 15 is 0 Å². The summed E-state index contributed by atoms with van der Waals surface area (Å²) < 4.78 is 12.2. The number of benzene rings is 1. The molecule has 0 bridgehead atoms. The molecule has 0 atom stereocenters. The maximum Gasteiger partial charge on any atom is 0.307 e. The van der Waals surface area contributed by atoms with Crippen LogP contribution in [0.5, 0.6) is 11.5 Å². The minimum Gasteiger partial charge on any atom is -0.481 e. The summed E-state index contributed by atoms with van der Waals surface area (Å²) in [5, 5.41) is 13.2. The lowest BCUT2D eigenvalue weighted by Gasteiger charge is -2.02. The molecule has 0 radical (unpaired) electrons. The highest BCUT2D eigenvalue weighted by Crippen LogP contribution is 2.36. The second-order valence-electron chi connectivity index (χ2n) is 4.32. The van der Waals surface area contributed by atoms with Gasteiger partial charge in [-0.15, -0.1) is 0 Å². The van der Waals surface area contributed by atoms with Gasteiger partial charge in [0.25, 0.3) is 0 Å². The van der Waals surface area contributed by atoms with E-state index in [-0.39, 0.29) is 13.2 Å². The Balaban J connectivity index is 2.04. The van der Waals surface area contributed by atoms with Crippen molar-refractivity contribution in [2.45, 2.75) is 6.42 Å². The summed E-state index contributed by atoms with van der Waals surface area (Å²) in [7, 11) is 1.77. The standard InChI is InChI=1S/C13H12N2O4/c1-15-6-9(5-12(16)17)13(14-15)8-2-3-10-11(4-8)19-7-18-10/h2-4,6H,5,7H2,1H3,(H,16,17). The Morgan fingerprint density at radius 2 is 2.21 bits per heavy atom. The number of fused-ring (bicyclic) bond motifs is 1. The number of nitrogens with zero attached hydrogens (tertiary/aromatic N) is 2. The van der Waals surface area contributed by atoms with E-state index in [1.165, 1.54) is 0 Å². The lowest BCUT2D eigenvalue weighted by Crippen LogP contribution is -2.00. The highest BCUT2D eigenvalue weighted by atomic mass is 16.7. The number of carboxylic acid groups (broad SMARTS) is 1. The number of carbonyl (C=O) groups is 1. The van der Waals surface area contributed by atoms with Crippen molar-refractivity contribution in [2.24, 2.45) is 7.05 Å². The molecule has 0 saturated heterocycles. The number of carboxylic acids is 1. The summed E-state index contributed by atoms with van der Waals surface area (Å²) in [5.74, 6) is 0.471. The molecule has 1 N–H and O–H groups in total. The predicted octanol–water partition coefficient (Wildman–Crippen LogP) is 1.44. The fourth-order valence-electron chi connectivity index (χ4n) is 2.12. The van der Waals surface area contributed by atoms with Crippen molar-refractivity contribution in [3.05, 3.63) is 30.0 Å². The maximum atomic E-state index is 10.9. The van der Waals surface area contributed by atoms with Gasteiger partial charge in [0.05, 0.1) is 12.1 Å². The first-order chi connectivity index (χ1) is 9.13. The summed E-state index contributed by atoms with van der Waals surface area (Å²) in [6, 6.07) is 5.47. The van der Waals surface area contributed by atoms with Gasteiger partial charge in [0.2, 0.25) is 6.79 Å². The van der Waals surface area contributed by atoms with E-state index in [4.69, 9.17) is 14.6 Å². The number of hydrogen-bond acceptors (Lipinski definition) is 4. The summed E-state index contributed by atoms with van der Waals surface area (Å²) >= 11 is 0. The largest absolute Gasteiger partial charge is 0.481 e. The van der Waals surface area contributed by atoms with Gasteiger partial charge < -0.3 is 14.6 Å². The number of aromatic nitrogens is 2. The van der Waals surface area contributed by atoms with E-state index < -0.39 is 5.97 Å². The Hall–Kier alpha value is -2.50. The molecule has 19 heavy (non-hydrogen) atoms. The zero-order valence-corrected chi connectivity index (χ0v) is 10.3. The molecule has 1 aliphatic rings. The van der Waals surface area contributed by atoms with Gasteiger partial charge in [-0.05, 0) is 18.2 Å². The highest BCUT2D eigenvalue weighted by molar-refractivity contribution is 5.75. The number of aliphatic carboxylic acids is 1. The fraction of sp³-hybridized carbons (Fsp3) is 0.231. The van der Waals surface area contributed by atoms with Crippen LogP contribution in [0, 0.1) is 0 Å². The van der Waals surface area contributed by atoms with Crippen LogP contribution in [0.15, 0.2) is 24.4 Å². The summed E-state index contributed by atoms with van der Waals surface area (Å²) in [6.45, 7) is 0.211. The summed E-state index contributed by atoms with van der Waals surface area (Å²) in [5.41, 5.74) is 2.15. The van der Waals surface area contributed by atoms with Crippen LogP contribution in [0.2, 0.25) is 0 Å². The van der Waals surface area contributed by atoms with Gasteiger partial charge in [-0.2, -0.15) is 5.10 Å². The lowest BCUT2D eigenvalue weighted by atomic mass is 10.1. The van der Waals surface area contributed by atoms with Gasteiger partial charge in [0.1, 0.15) is 0 Å². The molecule has 6 nitrogen and oxygen atoms in total. The smallest absolute Gasteiger partial charge is 0.307 e. The summed E-state index contributed by atoms with van der Waals surface area (Å²) in [4.78, 5) is 10.9. The molecule has 1 aromatic carbocycles. The summed E-state index contributed by atoms with van der Waals surface area (Å²) in [6.07, 6.45) is 1.66. The van der Waals surface area contributed by atoms with E-state index in [1.807, 2.05) is 12.1 Å². The first-order valence-electron chi connectivity index (χ1n) is 5.78. The molecular formula is C13H12N2O4. The molecule has 1 aliphatic heterocycles. The van der Waals surface area contributed by atoms with Crippen LogP contribution in [0.4, 0.5) is 0 Å². The zero-order valence-electron chi connectivity index (χ0n) is 10.3. The van der Waals surface area contributed by atoms with E-state index in [1.54, 1.807) is 24.0 Å². The van der Waals surface area contributed by atoms with Crippen molar-refractivity contribution in [1.29, 1.82) is 0 Å². The molecular weight excluding hydrogens is 248 g/mol. The molecule has 0 fully saturated rings. The van der Waals surface area contributed by atoms with Crippen LogP contribution >= 0.6 is 0 Å². The minimum absolute atomic E-state index is 0.0579. The Morgan fingerprint density at radius 1 is 1.42 bits per heavy atom. The average Bonchev–Trinajstić information content (AvgIpc) is 2.93. The van der Waals surface area contributed by atoms with Crippen molar-refractivity contribution >= 4 is 5.97 Å². The lowest BCUT2D eigenvalue weighted by molar-refractivity contribution is -0.136. The minimum atomic E-state index is -0.880. The number of rotatable bonds is 3. The molecule has 0 amide bonds. The van der Waals surface area contributed by atoms with Crippen molar-refractivity contribution in [1.82, 2.24) is 9.78 Å². The first kappa shape index (κ1) is 11.6. The molecule has 0 unspecified atom stereocenters. The molecule has 2 aromatic rings. The van der Waals surface area contributed by atoms with Gasteiger partial charge in [0.15, 0.2) is 11.5 Å². The molecule has 0 spiro atoms. The van der Waals surface area contributed by atoms with Crippen molar-refractivity contribution in [3.63, 3.8) is 0 Å². The number of ether oxygens (including phenoxy) is 2. The third-order valence-corrected chi connectivity index (χ3v) is 2.89. The molecule has 0 aliphatic carbocycles. The van der Waals surface area contributed by atoms with Gasteiger partial charge in [0, 0.05) is 24.4 Å². The van der Waals surface area contributed by atoms with Gasteiger partial charge >= 0.3 is 5.97 Å². The van der Waals surface area contributed by atoms with Crippen LogP contribution in [-0.2, 0) is 18.3 Å². The van der Waals surface area contributed by atoms with Crippen molar-refractivity contribution in [2.75, 3.05) is 6.79 Å². The first-order valence-corrected chi connectivity index (χ1v) is 5.78. The monoisotopic (exact) mass is 260 g/mol. The maximum absolute atomic E-state index is 10.9. The van der Waals surface area contributed by atoms with Gasteiger partial charge in [-0.1, -0.05) is 0 Å². The van der Waals surface area contributed by atoms with E-state index in [0.29, 0.717) is 22.8 Å². The van der Waals surface area contributed by atoms with Gasteiger partial charge in [-0.3, -0.25) is 9.48 Å². The highest BCUT2D eigenvalue weighted by Gasteiger charge is 2.18. The van der Waals surface area contributed by atoms with E-state index in [0.717, 1.165) is 5.56 Å². The molecule has 0 saturated carbocycles. The normalized spacial score (nSPS) is 12.7. The van der Waals surface area contributed by atoms with Crippen LogP contribution in [0.3, 0.4) is 0 Å². The van der Waals surface area contributed by atoms with Crippen LogP contribution in [0.25, 0.3) is 11.3 Å². The quantitative estimate of drug-likeness (QED) is 0.904. The third kappa shape index (κ3) is 2.12. The van der Waals surface area contributed by atoms with Crippen LogP contribution in [0.1, 0.15) is 5.56 Å². The Labute approximate surface area is 109 Å². The number of aryl methyl sites for hydroxylation is 1. The SMILES string of the molecule is Cn1cc(CC(=O)O)c(-c2ccc3c(c2)OCO3)n1. The molecule has 6 heteroatoms. The van der Waals surface area contributed by atoms with E-state index in [9.17, 15) is 4.79 Å². The van der Waals surface area contributed by atoms with E-state index in [2.05, 4.69) is 5.10 Å². The van der Waals surface area contributed by atoms with Crippen molar-refractivity contribution in [3.8, 4) is 22.8 Å². The Bertz CT molecular complexity index is 648. The zero-order chi connectivity index (χ0) is 13.4. The average molecular weight is 260 g/mol. The molecule has 98 valence electrons. The van der Waals surface area contributed by atoms with Crippen molar-refractivity contribution < 1.29 is 19.4 Å². The molecule has 2 heterocycles. The third-order valence-electron chi connectivity index (χ3n) is 2.89. The second-order valence-corrected chi connectivity index (χ2v) is 4.32. The Kier molecular flexibility index (Phi) is 2.63. The van der Waals surface area contributed by atoms with Gasteiger partial charge in [-0.25, -0.2) is 0 Å². The molecule has 1 aromatic heterocycles. The topological polar surface area (TPSA) is 73.6 Å². The Morgan fingerprint density at radius 3 is 3.00 bits per heavy atom.